The summed E-state index contributed by atoms with van der Waals surface area (Å²) in [5, 5.41) is 7.74. The first-order chi connectivity index (χ1) is 45.9. The fraction of sp³-hybridized carbons (Fsp3) is 0.400. The van der Waals surface area contributed by atoms with Crippen molar-refractivity contribution in [3.63, 3.8) is 0 Å². The lowest BCUT2D eigenvalue weighted by Gasteiger charge is -2.16. The van der Waals surface area contributed by atoms with Gasteiger partial charge in [-0.1, -0.05) is 225 Å². The summed E-state index contributed by atoms with van der Waals surface area (Å²) >= 11 is 0. The van der Waals surface area contributed by atoms with E-state index in [9.17, 15) is 4.79 Å². The van der Waals surface area contributed by atoms with Crippen LogP contribution in [-0.2, 0) is 24.1 Å². The summed E-state index contributed by atoms with van der Waals surface area (Å²) < 4.78 is 6.77. The minimum Gasteiger partial charge on any atom is -0.472 e. The zero-order chi connectivity index (χ0) is 71.1. The van der Waals surface area contributed by atoms with Crippen molar-refractivity contribution in [2.45, 2.75) is 211 Å². The van der Waals surface area contributed by atoms with Crippen LogP contribution in [0.1, 0.15) is 199 Å². The van der Waals surface area contributed by atoms with Crippen molar-refractivity contribution >= 4 is 49.8 Å². The number of aryl methyl sites for hydroxylation is 10. The van der Waals surface area contributed by atoms with Crippen molar-refractivity contribution in [2.24, 2.45) is 0 Å². The summed E-state index contributed by atoms with van der Waals surface area (Å²) in [6.45, 7) is 49.0. The summed E-state index contributed by atoms with van der Waals surface area (Å²) in [5.74, 6) is 0.131. The molecule has 9 nitrogen and oxygen atoms in total. The second-order valence-corrected chi connectivity index (χ2v) is 20.3. The first-order valence-corrected chi connectivity index (χ1v) is 35.4. The number of carbonyl (C=O) groups excluding carboxylic acids is 1. The first-order valence-electron chi connectivity index (χ1n) is 35.4. The van der Waals surface area contributed by atoms with Crippen molar-refractivity contribution in [3.8, 4) is 0 Å². The molecule has 6 aromatic heterocycles. The van der Waals surface area contributed by atoms with Crippen molar-refractivity contribution < 1.29 is 9.21 Å². The van der Waals surface area contributed by atoms with E-state index >= 15 is 0 Å². The average Bonchev–Trinajstić information content (AvgIpc) is 2.31. The Morgan fingerprint density at radius 1 is 0.415 bits per heavy atom. The topological polar surface area (TPSA) is 101 Å². The Labute approximate surface area is 572 Å². The van der Waals surface area contributed by atoms with Gasteiger partial charge in [0.05, 0.1) is 23.6 Å². The van der Waals surface area contributed by atoms with Gasteiger partial charge in [-0.2, -0.15) is 0 Å². The Kier molecular flexibility index (Phi) is 52.6. The summed E-state index contributed by atoms with van der Waals surface area (Å²) in [4.78, 5) is 30.3. The van der Waals surface area contributed by atoms with Gasteiger partial charge in [0, 0.05) is 70.1 Å². The molecule has 512 valence electrons. The number of hydrogen-bond acceptors (Lipinski definition) is 7. The van der Waals surface area contributed by atoms with Crippen LogP contribution >= 0.6 is 0 Å². The van der Waals surface area contributed by atoms with E-state index in [1.807, 2.05) is 248 Å². The highest BCUT2D eigenvalue weighted by molar-refractivity contribution is 5.94. The molecule has 0 unspecified atom stereocenters. The molecule has 14 rings (SSSR count). The Morgan fingerprint density at radius 2 is 0.979 bits per heavy atom. The Morgan fingerprint density at radius 3 is 1.57 bits per heavy atom. The van der Waals surface area contributed by atoms with Crippen LogP contribution in [0.3, 0.4) is 0 Å². The number of rotatable bonds is 0. The largest absolute Gasteiger partial charge is 0.472 e. The average molecular weight is 1280 g/mol. The van der Waals surface area contributed by atoms with Crippen LogP contribution in [0.2, 0.25) is 0 Å². The molecule has 1 amide bonds. The van der Waals surface area contributed by atoms with Crippen LogP contribution in [0.25, 0.3) is 38.2 Å². The number of furan rings is 1. The molecule has 0 bridgehead atoms. The minimum absolute atomic E-state index is 0.131. The number of para-hydroxylation sites is 1. The molecule has 1 saturated heterocycles. The van der Waals surface area contributed by atoms with Crippen molar-refractivity contribution in [1.29, 1.82) is 0 Å². The molecule has 1 fully saturated rings. The minimum atomic E-state index is 0.131. The number of likely N-dealkylation sites (tertiary alicyclic amines) is 1. The maximum atomic E-state index is 11.0. The molecule has 5 aromatic carbocycles. The predicted octanol–water partition coefficient (Wildman–Crippen LogP) is 24.5. The normalized spacial score (nSPS) is 11.3. The second kappa shape index (κ2) is 56.3. The van der Waals surface area contributed by atoms with Crippen LogP contribution in [0.5, 0.6) is 0 Å². The number of amides is 1. The molecule has 94 heavy (non-hydrogen) atoms. The van der Waals surface area contributed by atoms with Crippen LogP contribution in [0, 0.1) is 48.5 Å². The van der Waals surface area contributed by atoms with E-state index in [4.69, 9.17) is 4.42 Å². The van der Waals surface area contributed by atoms with E-state index in [-0.39, 0.29) is 5.91 Å². The molecule has 1 N–H and O–H groups in total. The van der Waals surface area contributed by atoms with Gasteiger partial charge in [0.2, 0.25) is 5.91 Å². The maximum Gasteiger partial charge on any atom is 0.224 e. The summed E-state index contributed by atoms with van der Waals surface area (Å²) in [6.07, 6.45) is 20.7. The van der Waals surface area contributed by atoms with Gasteiger partial charge >= 0.3 is 0 Å². The molecule has 1 aliphatic carbocycles. The second-order valence-electron chi connectivity index (χ2n) is 20.3. The first kappa shape index (κ1) is 87.8. The number of nitrogens with one attached hydrogen (secondary N) is 1. The van der Waals surface area contributed by atoms with Crippen LogP contribution in [0.4, 0.5) is 5.69 Å². The molecular formula is C85H125N7O2. The van der Waals surface area contributed by atoms with Crippen molar-refractivity contribution in [1.82, 2.24) is 29.2 Å². The SMILES string of the molecule is CC.CC.CC.CC.CC.CC.CC.CC.CN1CCCC1.Cc1cc2ccccc2cn1.Cc1ccc2c(c1)CCC(=O)N2.Cc1ccc2c(c1)CCCC2.Cc1ccc2ccccc2n1.Cc1ccc2ncccc2c1.Cc1ccoc1.Cc1cnc2ccccn12. The van der Waals surface area contributed by atoms with E-state index in [1.165, 1.54) is 107 Å². The molecule has 0 atom stereocenters. The zero-order valence-electron chi connectivity index (χ0n) is 63.0. The quantitative estimate of drug-likeness (QED) is 0.161. The Bertz CT molecular complexity index is 3410. The van der Waals surface area contributed by atoms with Gasteiger partial charge in [0.1, 0.15) is 5.65 Å². The molecule has 0 saturated carbocycles. The third-order valence-corrected chi connectivity index (χ3v) is 13.5. The summed E-state index contributed by atoms with van der Waals surface area (Å²) in [5.41, 5.74) is 17.0. The highest BCUT2D eigenvalue weighted by Crippen LogP contribution is 2.24. The number of anilines is 1. The fourth-order valence-corrected chi connectivity index (χ4v) is 9.20. The molecule has 2 aliphatic heterocycles. The van der Waals surface area contributed by atoms with Crippen LogP contribution < -0.4 is 5.32 Å². The van der Waals surface area contributed by atoms with Gasteiger partial charge < -0.3 is 19.0 Å². The maximum absolute atomic E-state index is 11.0. The van der Waals surface area contributed by atoms with Gasteiger partial charge in [-0.3, -0.25) is 19.7 Å². The van der Waals surface area contributed by atoms with Crippen molar-refractivity contribution in [2.75, 3.05) is 25.5 Å². The molecular weight excluding hydrogens is 1150 g/mol. The lowest BCUT2D eigenvalue weighted by molar-refractivity contribution is -0.116. The smallest absolute Gasteiger partial charge is 0.224 e. The number of fused-ring (bicyclic) bond motifs is 6. The monoisotopic (exact) mass is 1280 g/mol. The molecule has 0 spiro atoms. The highest BCUT2D eigenvalue weighted by Gasteiger charge is 2.14. The lowest BCUT2D eigenvalue weighted by Crippen LogP contribution is -2.18. The van der Waals surface area contributed by atoms with Crippen molar-refractivity contribution in [3.05, 3.63) is 251 Å². The summed E-state index contributed by atoms with van der Waals surface area (Å²) in [7, 11) is 2.17. The molecule has 0 radical (unpaired) electrons. The zero-order valence-corrected chi connectivity index (χ0v) is 63.0. The number of pyridine rings is 4. The summed E-state index contributed by atoms with van der Waals surface area (Å²) in [6, 6.07) is 53.8. The third kappa shape index (κ3) is 35.1. The fourth-order valence-electron chi connectivity index (χ4n) is 9.20. The Balaban J connectivity index is 0. The number of hydrogen-bond donors (Lipinski definition) is 1. The molecule has 3 aliphatic rings. The van der Waals surface area contributed by atoms with Gasteiger partial charge in [-0.25, -0.2) is 4.98 Å². The molecule has 9 heteroatoms. The van der Waals surface area contributed by atoms with E-state index in [2.05, 4.69) is 135 Å². The number of carbonyl (C=O) groups is 1. The van der Waals surface area contributed by atoms with Gasteiger partial charge in [0.15, 0.2) is 0 Å². The van der Waals surface area contributed by atoms with E-state index < -0.39 is 0 Å². The number of aromatic nitrogens is 5. The molecule has 11 aromatic rings. The van der Waals surface area contributed by atoms with E-state index in [1.54, 1.807) is 23.7 Å². The van der Waals surface area contributed by atoms with Gasteiger partial charge in [0.25, 0.3) is 0 Å². The van der Waals surface area contributed by atoms with Crippen LogP contribution in [0.15, 0.2) is 199 Å². The van der Waals surface area contributed by atoms with Gasteiger partial charge in [-0.05, 0) is 202 Å². The highest BCUT2D eigenvalue weighted by atomic mass is 16.3. The molecule has 8 heterocycles. The third-order valence-electron chi connectivity index (χ3n) is 13.5. The number of imidazole rings is 1. The Hall–Kier alpha value is -8.27. The lowest BCUT2D eigenvalue weighted by atomic mass is 9.91. The number of nitrogens with zero attached hydrogens (tertiary/aromatic N) is 6. The van der Waals surface area contributed by atoms with E-state index in [0.29, 0.717) is 6.42 Å². The van der Waals surface area contributed by atoms with Crippen LogP contribution in [-0.4, -0.2) is 55.3 Å². The number of benzene rings is 5. The van der Waals surface area contributed by atoms with E-state index in [0.717, 1.165) is 40.2 Å². The predicted molar refractivity (Wildman–Crippen MR) is 416 cm³/mol. The standard InChI is InChI=1S/C11H14.C10H11NO.3C10H9N.C8H8N2.C5H11N.C5H6O.8C2H6/c1-9-6-7-10-4-2-3-5-11(10)8-9;1-7-2-4-9-8(6-7)3-5-10(12)11-9;1-8-4-5-10-9(7-8)3-2-6-11-10;1-8-6-9-4-2-3-5-10(9)7-11-8;1-8-6-7-9-4-2-3-5-10(9)11-8;1-7-6-9-8-4-2-3-5-10(7)8;1-6-4-2-3-5-6;1-5-2-3-6-4-5;8*1-2/h6-8H,2-5H2,1H3;2,4,6H,3,5H2,1H3,(H,11,12);3*2-7H,1H3;2-6H,1H3;2-5H2,1H3;2-4H,1H3;8*1-2H3. The van der Waals surface area contributed by atoms with Gasteiger partial charge in [-0.15, -0.1) is 0 Å².